The molecule has 4 aliphatic rings. The van der Waals surface area contributed by atoms with E-state index in [2.05, 4.69) is 17.1 Å². The lowest BCUT2D eigenvalue weighted by Gasteiger charge is -2.32. The molecule has 2 saturated heterocycles. The lowest BCUT2D eigenvalue weighted by molar-refractivity contribution is 0.0823. The first kappa shape index (κ1) is 15.7. The van der Waals surface area contributed by atoms with Gasteiger partial charge in [-0.2, -0.15) is 0 Å². The van der Waals surface area contributed by atoms with E-state index in [1.54, 1.807) is 0 Å². The van der Waals surface area contributed by atoms with Crippen LogP contribution in [0.5, 0.6) is 0 Å². The van der Waals surface area contributed by atoms with Crippen LogP contribution in [0.3, 0.4) is 0 Å². The molecule has 4 nitrogen and oxygen atoms in total. The van der Waals surface area contributed by atoms with E-state index < -0.39 is 0 Å². The molecule has 6 atom stereocenters. The number of hydrogen-bond acceptors (Lipinski definition) is 2. The van der Waals surface area contributed by atoms with Gasteiger partial charge in [-0.3, -0.25) is 0 Å². The highest BCUT2D eigenvalue weighted by Crippen LogP contribution is 2.50. The van der Waals surface area contributed by atoms with Crippen molar-refractivity contribution in [3.8, 4) is 0 Å². The Morgan fingerprint density at radius 2 is 2.13 bits per heavy atom. The summed E-state index contributed by atoms with van der Waals surface area (Å²) < 4.78 is 5.71. The summed E-state index contributed by atoms with van der Waals surface area (Å²) in [5.41, 5.74) is 0. The molecule has 4 fully saturated rings. The van der Waals surface area contributed by atoms with Crippen LogP contribution in [-0.4, -0.2) is 42.3 Å². The standard InChI is InChI=1S/C19H32N2O2/c1-13(18-5-3-9-23-18)20-19(22)21-8-2-4-17(21)12-16-11-14-6-7-15(16)10-14/h13-18H,2-12H2,1H3,(H,20,22)/t13-,14-,15-,16+,17+,18+/m0/s1. The lowest BCUT2D eigenvalue weighted by Crippen LogP contribution is -2.49. The number of amides is 2. The molecular weight excluding hydrogens is 288 g/mol. The van der Waals surface area contributed by atoms with Crippen molar-refractivity contribution in [2.45, 2.75) is 82.9 Å². The van der Waals surface area contributed by atoms with E-state index in [0.29, 0.717) is 6.04 Å². The van der Waals surface area contributed by atoms with Crippen LogP contribution in [0, 0.1) is 17.8 Å². The minimum atomic E-state index is 0.133. The third-order valence-electron chi connectivity index (χ3n) is 6.97. The van der Waals surface area contributed by atoms with Gasteiger partial charge >= 0.3 is 6.03 Å². The van der Waals surface area contributed by atoms with E-state index >= 15 is 0 Å². The second-order valence-electron chi connectivity index (χ2n) is 8.45. The number of nitrogens with zero attached hydrogens (tertiary/aromatic N) is 1. The van der Waals surface area contributed by atoms with Crippen molar-refractivity contribution in [3.05, 3.63) is 0 Å². The quantitative estimate of drug-likeness (QED) is 0.860. The van der Waals surface area contributed by atoms with Crippen LogP contribution in [0.2, 0.25) is 0 Å². The number of ether oxygens (including phenoxy) is 1. The van der Waals surface area contributed by atoms with Gasteiger partial charge in [-0.15, -0.1) is 0 Å². The highest BCUT2D eigenvalue weighted by atomic mass is 16.5. The van der Waals surface area contributed by atoms with E-state index in [1.165, 1.54) is 44.9 Å². The van der Waals surface area contributed by atoms with Crippen LogP contribution in [0.15, 0.2) is 0 Å². The highest BCUT2D eigenvalue weighted by molar-refractivity contribution is 5.75. The SMILES string of the molecule is C[C@H](NC(=O)N1CCC[C@@H]1C[C@H]1C[C@H]2CC[C@H]1C2)[C@H]1CCCO1. The summed E-state index contributed by atoms with van der Waals surface area (Å²) in [7, 11) is 0. The van der Waals surface area contributed by atoms with Gasteiger partial charge in [0.25, 0.3) is 0 Å². The zero-order valence-corrected chi connectivity index (χ0v) is 14.5. The maximum atomic E-state index is 12.7. The molecule has 2 saturated carbocycles. The van der Waals surface area contributed by atoms with Crippen molar-refractivity contribution < 1.29 is 9.53 Å². The maximum absolute atomic E-state index is 12.7. The molecule has 1 N–H and O–H groups in total. The van der Waals surface area contributed by atoms with E-state index in [1.807, 2.05) is 0 Å². The van der Waals surface area contributed by atoms with Gasteiger partial charge in [0, 0.05) is 19.2 Å². The number of rotatable bonds is 4. The topological polar surface area (TPSA) is 41.6 Å². The van der Waals surface area contributed by atoms with E-state index in [-0.39, 0.29) is 18.2 Å². The first-order valence-corrected chi connectivity index (χ1v) is 9.89. The van der Waals surface area contributed by atoms with Crippen LogP contribution in [-0.2, 0) is 4.74 Å². The number of fused-ring (bicyclic) bond motifs is 2. The fraction of sp³-hybridized carbons (Fsp3) is 0.947. The largest absolute Gasteiger partial charge is 0.376 e. The lowest BCUT2D eigenvalue weighted by atomic mass is 9.84. The summed E-state index contributed by atoms with van der Waals surface area (Å²) in [5.74, 6) is 2.87. The van der Waals surface area contributed by atoms with Gasteiger partial charge in [0.1, 0.15) is 0 Å². The number of carbonyl (C=O) groups excluding carboxylic acids is 1. The molecule has 0 spiro atoms. The van der Waals surface area contributed by atoms with Gasteiger partial charge in [0.05, 0.1) is 12.1 Å². The van der Waals surface area contributed by atoms with Gasteiger partial charge in [-0.1, -0.05) is 6.42 Å². The second kappa shape index (κ2) is 6.62. The zero-order chi connectivity index (χ0) is 15.8. The van der Waals surface area contributed by atoms with E-state index in [4.69, 9.17) is 4.74 Å². The van der Waals surface area contributed by atoms with Crippen LogP contribution < -0.4 is 5.32 Å². The van der Waals surface area contributed by atoms with Crippen molar-refractivity contribution in [3.63, 3.8) is 0 Å². The molecular formula is C19H32N2O2. The van der Waals surface area contributed by atoms with Crippen LogP contribution in [0.25, 0.3) is 0 Å². The zero-order valence-electron chi connectivity index (χ0n) is 14.5. The Morgan fingerprint density at radius 3 is 2.83 bits per heavy atom. The summed E-state index contributed by atoms with van der Waals surface area (Å²) >= 11 is 0. The predicted molar refractivity (Wildman–Crippen MR) is 90.3 cm³/mol. The molecule has 4 rings (SSSR count). The second-order valence-corrected chi connectivity index (χ2v) is 8.45. The molecule has 23 heavy (non-hydrogen) atoms. The predicted octanol–water partition coefficient (Wildman–Crippen LogP) is 3.55. The normalized spacial score (nSPS) is 40.7. The Morgan fingerprint density at radius 1 is 1.22 bits per heavy atom. The molecule has 2 bridgehead atoms. The van der Waals surface area contributed by atoms with E-state index in [9.17, 15) is 4.79 Å². The van der Waals surface area contributed by atoms with Crippen LogP contribution in [0.1, 0.15) is 64.7 Å². The number of hydrogen-bond donors (Lipinski definition) is 1. The Labute approximate surface area is 140 Å². The van der Waals surface area contributed by atoms with Gasteiger partial charge in [-0.05, 0) is 76.0 Å². The summed E-state index contributed by atoms with van der Waals surface area (Å²) in [4.78, 5) is 14.9. The Kier molecular flexibility index (Phi) is 4.53. The fourth-order valence-electron chi connectivity index (χ4n) is 5.73. The van der Waals surface area contributed by atoms with E-state index in [0.717, 1.165) is 43.7 Å². The first-order valence-electron chi connectivity index (χ1n) is 9.89. The first-order chi connectivity index (χ1) is 11.2. The van der Waals surface area contributed by atoms with Gasteiger partial charge < -0.3 is 15.0 Å². The Balaban J connectivity index is 1.31. The average molecular weight is 320 g/mol. The van der Waals surface area contributed by atoms with Gasteiger partial charge in [0.2, 0.25) is 0 Å². The van der Waals surface area contributed by atoms with Crippen molar-refractivity contribution in [2.75, 3.05) is 13.2 Å². The third-order valence-corrected chi connectivity index (χ3v) is 6.97. The third kappa shape index (κ3) is 3.24. The number of carbonyl (C=O) groups is 1. The van der Waals surface area contributed by atoms with Crippen molar-refractivity contribution in [1.29, 1.82) is 0 Å². The molecule has 2 aliphatic heterocycles. The Bertz CT molecular complexity index is 435. The maximum Gasteiger partial charge on any atom is 0.317 e. The number of nitrogens with one attached hydrogen (secondary N) is 1. The minimum Gasteiger partial charge on any atom is -0.376 e. The fourth-order valence-corrected chi connectivity index (χ4v) is 5.73. The molecule has 130 valence electrons. The molecule has 2 amide bonds. The summed E-state index contributed by atoms with van der Waals surface area (Å²) in [6.45, 7) is 3.88. The van der Waals surface area contributed by atoms with Gasteiger partial charge in [0.15, 0.2) is 0 Å². The smallest absolute Gasteiger partial charge is 0.317 e. The summed E-state index contributed by atoms with van der Waals surface area (Å²) in [6, 6.07) is 0.767. The molecule has 0 aromatic rings. The highest BCUT2D eigenvalue weighted by Gasteiger charge is 2.42. The monoisotopic (exact) mass is 320 g/mol. The molecule has 0 radical (unpaired) electrons. The number of likely N-dealkylation sites (tertiary alicyclic amines) is 1. The Hall–Kier alpha value is -0.770. The molecule has 0 aromatic heterocycles. The summed E-state index contributed by atoms with van der Waals surface area (Å²) in [5, 5.41) is 3.21. The molecule has 0 aromatic carbocycles. The minimum absolute atomic E-state index is 0.133. The number of urea groups is 1. The van der Waals surface area contributed by atoms with Crippen molar-refractivity contribution >= 4 is 6.03 Å². The van der Waals surface area contributed by atoms with Crippen molar-refractivity contribution in [1.82, 2.24) is 10.2 Å². The summed E-state index contributed by atoms with van der Waals surface area (Å²) in [6.07, 6.45) is 11.9. The molecule has 2 heterocycles. The molecule has 2 aliphatic carbocycles. The average Bonchev–Trinajstić information content (AvgIpc) is 3.32. The van der Waals surface area contributed by atoms with Crippen LogP contribution in [0.4, 0.5) is 4.79 Å². The molecule has 4 heteroatoms. The molecule has 0 unspecified atom stereocenters. The van der Waals surface area contributed by atoms with Crippen molar-refractivity contribution in [2.24, 2.45) is 17.8 Å². The van der Waals surface area contributed by atoms with Crippen LogP contribution >= 0.6 is 0 Å². The van der Waals surface area contributed by atoms with Gasteiger partial charge in [-0.25, -0.2) is 4.79 Å².